The number of amides is 1. The number of thiazole rings is 1. The molecule has 25 heavy (non-hydrogen) atoms. The van der Waals surface area contributed by atoms with E-state index in [1.807, 2.05) is 31.2 Å². The Hall–Kier alpha value is -1.89. The zero-order chi connectivity index (χ0) is 17.6. The van der Waals surface area contributed by atoms with Crippen molar-refractivity contribution in [2.75, 3.05) is 11.1 Å². The van der Waals surface area contributed by atoms with E-state index < -0.39 is 0 Å². The molecule has 0 bridgehead atoms. The second kappa shape index (κ2) is 6.44. The molecule has 4 rings (SSSR count). The number of benzene rings is 2. The van der Waals surface area contributed by atoms with Crippen LogP contribution in [0.2, 0.25) is 5.02 Å². The zero-order valence-electron chi connectivity index (χ0n) is 13.2. The average Bonchev–Trinajstić information content (AvgIpc) is 3.13. The van der Waals surface area contributed by atoms with Gasteiger partial charge in [-0.25, -0.2) is 4.98 Å². The number of hydrogen-bond donors (Lipinski definition) is 1. The largest absolute Gasteiger partial charge is 0.325 e. The minimum absolute atomic E-state index is 0.0247. The normalized spacial score (nSPS) is 16.1. The zero-order valence-corrected chi connectivity index (χ0v) is 15.6. The fourth-order valence-corrected chi connectivity index (χ4v) is 4.85. The number of fused-ring (bicyclic) bond motifs is 2. The lowest BCUT2D eigenvalue weighted by Gasteiger charge is -2.05. The second-order valence-corrected chi connectivity index (χ2v) is 8.51. The van der Waals surface area contributed by atoms with E-state index >= 15 is 0 Å². The Kier molecular flexibility index (Phi) is 4.27. The Morgan fingerprint density at radius 2 is 2.16 bits per heavy atom. The van der Waals surface area contributed by atoms with Crippen LogP contribution < -0.4 is 5.32 Å². The van der Waals surface area contributed by atoms with E-state index in [2.05, 4.69) is 10.3 Å². The van der Waals surface area contributed by atoms with Gasteiger partial charge in [0, 0.05) is 16.3 Å². The predicted molar refractivity (Wildman–Crippen MR) is 103 cm³/mol. The summed E-state index contributed by atoms with van der Waals surface area (Å²) in [4.78, 5) is 28.7. The summed E-state index contributed by atoms with van der Waals surface area (Å²) in [7, 11) is 0. The minimum Gasteiger partial charge on any atom is -0.325 e. The van der Waals surface area contributed by atoms with Crippen molar-refractivity contribution in [2.45, 2.75) is 17.2 Å². The standard InChI is InChI=1S/C18H13ClN2O2S2/c1-9-12-6-10(2-4-13(12)20-17(9)23)15(22)8-24-18-21-14-7-11(19)3-5-16(14)25-18/h2-7,9H,8H2,1H3,(H,20,23)/t9-/m0/s1. The molecular weight excluding hydrogens is 376 g/mol. The molecule has 4 nitrogen and oxygen atoms in total. The van der Waals surface area contributed by atoms with Crippen molar-refractivity contribution in [1.29, 1.82) is 0 Å². The summed E-state index contributed by atoms with van der Waals surface area (Å²) in [6, 6.07) is 11.0. The smallest absolute Gasteiger partial charge is 0.231 e. The number of anilines is 1. The predicted octanol–water partition coefficient (Wildman–Crippen LogP) is 4.98. The molecule has 1 aliphatic rings. The Labute approximate surface area is 157 Å². The van der Waals surface area contributed by atoms with Crippen LogP contribution in [0, 0.1) is 0 Å². The fraction of sp³-hybridized carbons (Fsp3) is 0.167. The first-order chi connectivity index (χ1) is 12.0. The lowest BCUT2D eigenvalue weighted by atomic mass is 9.99. The summed E-state index contributed by atoms with van der Waals surface area (Å²) < 4.78 is 1.90. The molecule has 7 heteroatoms. The van der Waals surface area contributed by atoms with Gasteiger partial charge in [-0.3, -0.25) is 9.59 Å². The van der Waals surface area contributed by atoms with Crippen LogP contribution in [0.5, 0.6) is 0 Å². The Morgan fingerprint density at radius 1 is 1.32 bits per heavy atom. The van der Waals surface area contributed by atoms with E-state index in [0.29, 0.717) is 16.3 Å². The van der Waals surface area contributed by atoms with Crippen LogP contribution in [0.25, 0.3) is 10.2 Å². The van der Waals surface area contributed by atoms with Crippen molar-refractivity contribution in [3.05, 3.63) is 52.5 Å². The van der Waals surface area contributed by atoms with E-state index in [-0.39, 0.29) is 17.6 Å². The minimum atomic E-state index is -0.218. The van der Waals surface area contributed by atoms with Gasteiger partial charge in [0.2, 0.25) is 5.91 Å². The van der Waals surface area contributed by atoms with Crippen molar-refractivity contribution in [3.8, 4) is 0 Å². The molecule has 2 heterocycles. The molecule has 126 valence electrons. The van der Waals surface area contributed by atoms with E-state index in [0.717, 1.165) is 25.8 Å². The summed E-state index contributed by atoms with van der Waals surface area (Å²) in [5.74, 6) is 0.0883. The number of thioether (sulfide) groups is 1. The van der Waals surface area contributed by atoms with Gasteiger partial charge >= 0.3 is 0 Å². The van der Waals surface area contributed by atoms with Crippen LogP contribution in [0.15, 0.2) is 40.7 Å². The first-order valence-electron chi connectivity index (χ1n) is 7.68. The first-order valence-corrected chi connectivity index (χ1v) is 9.86. The summed E-state index contributed by atoms with van der Waals surface area (Å²) in [6.45, 7) is 1.84. The third-order valence-corrected chi connectivity index (χ3v) is 6.56. The SMILES string of the molecule is C[C@@H]1C(=O)Nc2ccc(C(=O)CSc3nc4cc(Cl)ccc4s3)cc21. The summed E-state index contributed by atoms with van der Waals surface area (Å²) in [6.07, 6.45) is 0. The maximum absolute atomic E-state index is 12.5. The van der Waals surface area contributed by atoms with Gasteiger partial charge in [0.25, 0.3) is 0 Å². The molecule has 1 N–H and O–H groups in total. The molecule has 0 unspecified atom stereocenters. The number of carbonyl (C=O) groups is 2. The quantitative estimate of drug-likeness (QED) is 0.505. The number of Topliss-reactive ketones (excluding diaryl/α,β-unsaturated/α-hetero) is 1. The molecule has 1 aromatic heterocycles. The Bertz CT molecular complexity index is 1020. The molecule has 0 saturated heterocycles. The molecule has 1 aliphatic heterocycles. The number of hydrogen-bond acceptors (Lipinski definition) is 5. The summed E-state index contributed by atoms with van der Waals surface area (Å²) >= 11 is 8.95. The van der Waals surface area contributed by atoms with Gasteiger partial charge in [0.1, 0.15) is 0 Å². The molecule has 3 aromatic rings. The summed E-state index contributed by atoms with van der Waals surface area (Å²) in [5, 5.41) is 3.47. The van der Waals surface area contributed by atoms with Crippen molar-refractivity contribution in [1.82, 2.24) is 4.98 Å². The van der Waals surface area contributed by atoms with Crippen molar-refractivity contribution in [2.24, 2.45) is 0 Å². The molecule has 0 fully saturated rings. The van der Waals surface area contributed by atoms with Gasteiger partial charge in [0.15, 0.2) is 10.1 Å². The fourth-order valence-electron chi connectivity index (χ4n) is 2.74. The van der Waals surface area contributed by atoms with E-state index in [4.69, 9.17) is 11.6 Å². The maximum atomic E-state index is 12.5. The molecule has 0 radical (unpaired) electrons. The molecule has 1 atom stereocenters. The Morgan fingerprint density at radius 3 is 3.00 bits per heavy atom. The highest BCUT2D eigenvalue weighted by molar-refractivity contribution is 8.01. The number of nitrogens with one attached hydrogen (secondary N) is 1. The highest BCUT2D eigenvalue weighted by Gasteiger charge is 2.27. The average molecular weight is 389 g/mol. The van der Waals surface area contributed by atoms with Crippen LogP contribution in [0.3, 0.4) is 0 Å². The topological polar surface area (TPSA) is 59.1 Å². The maximum Gasteiger partial charge on any atom is 0.231 e. The number of rotatable bonds is 4. The number of ketones is 1. The van der Waals surface area contributed by atoms with E-state index in [1.165, 1.54) is 11.8 Å². The molecule has 1 amide bonds. The van der Waals surface area contributed by atoms with Crippen LogP contribution in [-0.2, 0) is 4.79 Å². The molecule has 0 aliphatic carbocycles. The number of nitrogens with zero attached hydrogens (tertiary/aromatic N) is 1. The molecule has 0 spiro atoms. The molecular formula is C18H13ClN2O2S2. The van der Waals surface area contributed by atoms with E-state index in [1.54, 1.807) is 23.5 Å². The third-order valence-electron chi connectivity index (χ3n) is 4.15. The first kappa shape index (κ1) is 16.6. The van der Waals surface area contributed by atoms with Crippen molar-refractivity contribution in [3.63, 3.8) is 0 Å². The number of carbonyl (C=O) groups excluding carboxylic acids is 2. The van der Waals surface area contributed by atoms with Gasteiger partial charge in [-0.05, 0) is 48.9 Å². The highest BCUT2D eigenvalue weighted by Crippen LogP contribution is 2.34. The van der Waals surface area contributed by atoms with Crippen molar-refractivity contribution >= 4 is 62.3 Å². The molecule has 0 saturated carbocycles. The Balaban J connectivity index is 1.49. The van der Waals surface area contributed by atoms with Gasteiger partial charge in [-0.1, -0.05) is 23.4 Å². The second-order valence-electron chi connectivity index (χ2n) is 5.82. The highest BCUT2D eigenvalue weighted by atomic mass is 35.5. The third kappa shape index (κ3) is 3.17. The monoisotopic (exact) mass is 388 g/mol. The van der Waals surface area contributed by atoms with Crippen LogP contribution >= 0.6 is 34.7 Å². The lowest BCUT2D eigenvalue weighted by Crippen LogP contribution is -2.08. The van der Waals surface area contributed by atoms with Gasteiger partial charge in [0.05, 0.1) is 21.9 Å². The van der Waals surface area contributed by atoms with E-state index in [9.17, 15) is 9.59 Å². The van der Waals surface area contributed by atoms with Gasteiger partial charge in [-0.15, -0.1) is 11.3 Å². The van der Waals surface area contributed by atoms with Crippen LogP contribution in [0.1, 0.15) is 28.8 Å². The van der Waals surface area contributed by atoms with Gasteiger partial charge < -0.3 is 5.32 Å². The van der Waals surface area contributed by atoms with Crippen LogP contribution in [-0.4, -0.2) is 22.4 Å². The van der Waals surface area contributed by atoms with Gasteiger partial charge in [-0.2, -0.15) is 0 Å². The summed E-state index contributed by atoms with van der Waals surface area (Å²) in [5.41, 5.74) is 3.15. The lowest BCUT2D eigenvalue weighted by molar-refractivity contribution is -0.116. The number of halogens is 1. The number of aromatic nitrogens is 1. The van der Waals surface area contributed by atoms with Crippen molar-refractivity contribution < 1.29 is 9.59 Å². The molecule has 2 aromatic carbocycles. The van der Waals surface area contributed by atoms with Crippen LogP contribution in [0.4, 0.5) is 5.69 Å².